The fraction of sp³-hybridized carbons (Fsp3) is 0.417. The molecule has 1 aliphatic rings. The predicted octanol–water partition coefficient (Wildman–Crippen LogP) is 2.71. The Kier molecular flexibility index (Phi) is 6.31. The molecule has 1 fully saturated rings. The van der Waals surface area contributed by atoms with Crippen molar-refractivity contribution in [2.45, 2.75) is 38.6 Å². The van der Waals surface area contributed by atoms with Crippen LogP contribution in [0.4, 0.5) is 22.2 Å². The molecule has 12 nitrogen and oxygen atoms in total. The number of nitrogens with zero attached hydrogens (tertiary/aromatic N) is 7. The van der Waals surface area contributed by atoms with E-state index in [1.807, 2.05) is 17.0 Å². The number of anilines is 3. The van der Waals surface area contributed by atoms with Crippen molar-refractivity contribution in [2.75, 3.05) is 35.7 Å². The van der Waals surface area contributed by atoms with Gasteiger partial charge in [-0.25, -0.2) is 14.5 Å². The Balaban J connectivity index is 1.31. The predicted molar refractivity (Wildman–Crippen MR) is 145 cm³/mol. The smallest absolute Gasteiger partial charge is 0.320 e. The highest BCUT2D eigenvalue weighted by molar-refractivity contribution is 7.12. The zero-order valence-electron chi connectivity index (χ0n) is 21.4. The van der Waals surface area contributed by atoms with Crippen molar-refractivity contribution in [3.63, 3.8) is 0 Å². The Hall–Kier alpha value is -4.00. The molecule has 0 bridgehead atoms. The van der Waals surface area contributed by atoms with Crippen LogP contribution in [0.3, 0.4) is 0 Å². The van der Waals surface area contributed by atoms with E-state index in [0.717, 1.165) is 16.1 Å². The number of fused-ring (bicyclic) bond motifs is 1. The van der Waals surface area contributed by atoms with Gasteiger partial charge in [0.25, 0.3) is 5.56 Å². The van der Waals surface area contributed by atoms with Gasteiger partial charge in [-0.15, -0.1) is 11.3 Å². The molecule has 0 saturated carbocycles. The Morgan fingerprint density at radius 1 is 1.22 bits per heavy atom. The van der Waals surface area contributed by atoms with Crippen molar-refractivity contribution in [3.05, 3.63) is 46.1 Å². The third-order valence-corrected chi connectivity index (χ3v) is 7.11. The maximum absolute atomic E-state index is 13.1. The molecule has 3 N–H and O–H groups in total. The number of thiazole rings is 1. The number of amides is 2. The lowest BCUT2D eigenvalue weighted by molar-refractivity contribution is 0.249. The summed E-state index contributed by atoms with van der Waals surface area (Å²) in [5.74, 6) is 1.03. The molecule has 4 aromatic heterocycles. The number of carbonyl (C=O) groups excluding carboxylic acids is 1. The molecule has 4 aromatic rings. The number of hydrogen-bond acceptors (Lipinski definition) is 9. The number of carbonyl (C=O) groups is 1. The Morgan fingerprint density at radius 3 is 2.73 bits per heavy atom. The monoisotopic (exact) mass is 522 g/mol. The average molecular weight is 523 g/mol. The zero-order chi connectivity index (χ0) is 26.3. The van der Waals surface area contributed by atoms with Gasteiger partial charge in [0.2, 0.25) is 5.95 Å². The van der Waals surface area contributed by atoms with Gasteiger partial charge in [0, 0.05) is 56.3 Å². The number of rotatable bonds is 5. The second-order valence-corrected chi connectivity index (χ2v) is 10.9. The molecule has 194 valence electrons. The van der Waals surface area contributed by atoms with Crippen molar-refractivity contribution in [1.29, 1.82) is 0 Å². The van der Waals surface area contributed by atoms with Crippen LogP contribution in [0.15, 0.2) is 34.8 Å². The standard InChI is InChI=1S/C24H30N10O2S/c1-24(2,3)17-9-18(34(31-17)19-11-26-13-37-19)29-23(36)28-15-6-7-33(12-15)16-8-14-10-27-22(25-4)30-20(14)32(5)21(16)35/h8-11,13,15H,6-7,12H2,1-5H3,(H,25,27,30)(H2,28,29,36). The van der Waals surface area contributed by atoms with E-state index in [0.29, 0.717) is 42.6 Å². The summed E-state index contributed by atoms with van der Waals surface area (Å²) in [5, 5.41) is 15.2. The van der Waals surface area contributed by atoms with E-state index in [9.17, 15) is 9.59 Å². The van der Waals surface area contributed by atoms with Crippen LogP contribution >= 0.6 is 11.3 Å². The Morgan fingerprint density at radius 2 is 2.03 bits per heavy atom. The van der Waals surface area contributed by atoms with Crippen LogP contribution in [-0.4, -0.2) is 61.5 Å². The van der Waals surface area contributed by atoms with Gasteiger partial charge in [0.15, 0.2) is 0 Å². The van der Waals surface area contributed by atoms with E-state index in [4.69, 9.17) is 5.10 Å². The molecule has 0 spiro atoms. The van der Waals surface area contributed by atoms with E-state index >= 15 is 0 Å². The highest BCUT2D eigenvalue weighted by Gasteiger charge is 2.28. The average Bonchev–Trinajstić information content (AvgIpc) is 3.62. The summed E-state index contributed by atoms with van der Waals surface area (Å²) in [6.07, 6.45) is 4.14. The molecule has 5 rings (SSSR count). The number of urea groups is 1. The molecular weight excluding hydrogens is 492 g/mol. The van der Waals surface area contributed by atoms with Crippen LogP contribution in [0, 0.1) is 0 Å². The summed E-state index contributed by atoms with van der Waals surface area (Å²) in [7, 11) is 3.44. The lowest BCUT2D eigenvalue weighted by atomic mass is 9.92. The molecule has 2 amide bonds. The number of aryl methyl sites for hydroxylation is 1. The van der Waals surface area contributed by atoms with E-state index in [1.54, 1.807) is 36.7 Å². The van der Waals surface area contributed by atoms with Crippen molar-refractivity contribution >= 4 is 45.9 Å². The quantitative estimate of drug-likeness (QED) is 0.364. The fourth-order valence-electron chi connectivity index (χ4n) is 4.33. The first kappa shape index (κ1) is 24.7. The van der Waals surface area contributed by atoms with Gasteiger partial charge in [-0.2, -0.15) is 10.1 Å². The molecule has 0 radical (unpaired) electrons. The second kappa shape index (κ2) is 9.47. The molecule has 5 heterocycles. The molecular formula is C24H30N10O2S. The van der Waals surface area contributed by atoms with Gasteiger partial charge in [0.05, 0.1) is 17.4 Å². The minimum absolute atomic E-state index is 0.120. The van der Waals surface area contributed by atoms with Gasteiger partial charge in [-0.3, -0.25) is 19.7 Å². The highest BCUT2D eigenvalue weighted by atomic mass is 32.1. The number of pyridine rings is 1. The van der Waals surface area contributed by atoms with Gasteiger partial charge in [0.1, 0.15) is 22.2 Å². The molecule has 1 aliphatic heterocycles. The van der Waals surface area contributed by atoms with Gasteiger partial charge in [-0.1, -0.05) is 20.8 Å². The molecule has 1 unspecified atom stereocenters. The number of aromatic nitrogens is 6. The zero-order valence-corrected chi connectivity index (χ0v) is 22.3. The van der Waals surface area contributed by atoms with Crippen LogP contribution in [-0.2, 0) is 12.5 Å². The fourth-order valence-corrected chi connectivity index (χ4v) is 4.92. The van der Waals surface area contributed by atoms with Crippen molar-refractivity contribution in [1.82, 2.24) is 34.6 Å². The molecule has 37 heavy (non-hydrogen) atoms. The van der Waals surface area contributed by atoms with Crippen LogP contribution in [0.2, 0.25) is 0 Å². The summed E-state index contributed by atoms with van der Waals surface area (Å²) in [6.45, 7) is 7.39. The first-order chi connectivity index (χ1) is 17.6. The Labute approximate surface area is 217 Å². The molecule has 1 saturated heterocycles. The van der Waals surface area contributed by atoms with E-state index in [1.165, 1.54) is 15.9 Å². The largest absolute Gasteiger partial charge is 0.365 e. The summed E-state index contributed by atoms with van der Waals surface area (Å²) < 4.78 is 3.24. The molecule has 13 heteroatoms. The van der Waals surface area contributed by atoms with Crippen LogP contribution in [0.1, 0.15) is 32.9 Å². The van der Waals surface area contributed by atoms with Gasteiger partial charge < -0.3 is 15.5 Å². The third kappa shape index (κ3) is 4.86. The topological polar surface area (TPSA) is 135 Å². The first-order valence-corrected chi connectivity index (χ1v) is 12.9. The van der Waals surface area contributed by atoms with Crippen molar-refractivity contribution in [3.8, 4) is 5.00 Å². The molecule has 0 aromatic carbocycles. The van der Waals surface area contributed by atoms with Crippen molar-refractivity contribution < 1.29 is 4.79 Å². The van der Waals surface area contributed by atoms with E-state index in [2.05, 4.69) is 51.7 Å². The third-order valence-electron chi connectivity index (χ3n) is 6.36. The van der Waals surface area contributed by atoms with Crippen LogP contribution in [0.25, 0.3) is 16.0 Å². The lowest BCUT2D eigenvalue weighted by Gasteiger charge is -2.20. The maximum atomic E-state index is 13.1. The highest BCUT2D eigenvalue weighted by Crippen LogP contribution is 2.27. The lowest BCUT2D eigenvalue weighted by Crippen LogP contribution is -2.40. The van der Waals surface area contributed by atoms with Crippen LogP contribution in [0.5, 0.6) is 0 Å². The number of nitrogens with one attached hydrogen (secondary N) is 3. The SMILES string of the molecule is CNc1ncc2cc(N3CCC(NC(=O)Nc4cc(C(C)(C)C)nn4-c4cncs4)C3)c(=O)n(C)c2n1. The summed E-state index contributed by atoms with van der Waals surface area (Å²) >= 11 is 1.44. The summed E-state index contributed by atoms with van der Waals surface area (Å²) in [4.78, 5) is 40.9. The Bertz CT molecular complexity index is 1500. The van der Waals surface area contributed by atoms with E-state index < -0.39 is 0 Å². The maximum Gasteiger partial charge on any atom is 0.320 e. The van der Waals surface area contributed by atoms with E-state index in [-0.39, 0.29) is 23.0 Å². The summed E-state index contributed by atoms with van der Waals surface area (Å²) in [5.41, 5.74) is 3.41. The molecule has 0 aliphatic carbocycles. The molecule has 1 atom stereocenters. The minimum Gasteiger partial charge on any atom is -0.365 e. The normalized spacial score (nSPS) is 15.8. The first-order valence-electron chi connectivity index (χ1n) is 12.0. The second-order valence-electron chi connectivity index (χ2n) is 10.1. The van der Waals surface area contributed by atoms with Gasteiger partial charge in [-0.05, 0) is 12.5 Å². The summed E-state index contributed by atoms with van der Waals surface area (Å²) in [6, 6.07) is 3.27. The minimum atomic E-state index is -0.322. The van der Waals surface area contributed by atoms with Crippen molar-refractivity contribution in [2.24, 2.45) is 7.05 Å². The van der Waals surface area contributed by atoms with Crippen LogP contribution < -0.4 is 26.4 Å². The van der Waals surface area contributed by atoms with Gasteiger partial charge >= 0.3 is 6.03 Å². The number of hydrogen-bond donors (Lipinski definition) is 3.